The minimum atomic E-state index is -0.497. The average molecular weight is 337 g/mol. The van der Waals surface area contributed by atoms with Gasteiger partial charge >= 0.3 is 0 Å². The molecule has 0 bridgehead atoms. The van der Waals surface area contributed by atoms with E-state index in [0.717, 1.165) is 5.56 Å². The monoisotopic (exact) mass is 336 g/mol. The Morgan fingerprint density at radius 2 is 2.04 bits per heavy atom. The SMILES string of the molecule is COc1ccccc1C(C)NC(=O)CNc1ccc(Cl)cc1F. The van der Waals surface area contributed by atoms with Gasteiger partial charge in [0.2, 0.25) is 5.91 Å². The Morgan fingerprint density at radius 3 is 2.74 bits per heavy atom. The lowest BCUT2D eigenvalue weighted by atomic mass is 10.1. The van der Waals surface area contributed by atoms with Gasteiger partial charge in [-0.25, -0.2) is 4.39 Å². The van der Waals surface area contributed by atoms with Crippen LogP contribution in [0.5, 0.6) is 5.75 Å². The molecule has 23 heavy (non-hydrogen) atoms. The molecule has 0 spiro atoms. The van der Waals surface area contributed by atoms with Crippen LogP contribution in [0.2, 0.25) is 5.02 Å². The predicted octanol–water partition coefficient (Wildman–Crippen LogP) is 3.78. The molecule has 2 N–H and O–H groups in total. The Morgan fingerprint density at radius 1 is 1.30 bits per heavy atom. The van der Waals surface area contributed by atoms with Crippen LogP contribution in [0, 0.1) is 5.82 Å². The van der Waals surface area contributed by atoms with Crippen molar-refractivity contribution in [1.82, 2.24) is 5.32 Å². The number of carbonyl (C=O) groups excluding carboxylic acids is 1. The molecular weight excluding hydrogens is 319 g/mol. The van der Waals surface area contributed by atoms with Crippen molar-refractivity contribution in [3.63, 3.8) is 0 Å². The maximum Gasteiger partial charge on any atom is 0.239 e. The van der Waals surface area contributed by atoms with Crippen LogP contribution in [0.1, 0.15) is 18.5 Å². The number of benzene rings is 2. The van der Waals surface area contributed by atoms with Crippen molar-refractivity contribution >= 4 is 23.2 Å². The summed E-state index contributed by atoms with van der Waals surface area (Å²) >= 11 is 5.69. The van der Waals surface area contributed by atoms with Gasteiger partial charge in [-0.15, -0.1) is 0 Å². The van der Waals surface area contributed by atoms with Crippen LogP contribution in [0.15, 0.2) is 42.5 Å². The fourth-order valence-corrected chi connectivity index (χ4v) is 2.36. The lowest BCUT2D eigenvalue weighted by Crippen LogP contribution is -2.32. The van der Waals surface area contributed by atoms with E-state index in [9.17, 15) is 9.18 Å². The van der Waals surface area contributed by atoms with Crippen LogP contribution in [0.3, 0.4) is 0 Å². The highest BCUT2D eigenvalue weighted by Gasteiger charge is 2.13. The molecular formula is C17H18ClFN2O2. The first-order valence-corrected chi connectivity index (χ1v) is 7.50. The molecule has 0 heterocycles. The van der Waals surface area contributed by atoms with E-state index in [1.54, 1.807) is 13.2 Å². The van der Waals surface area contributed by atoms with Crippen LogP contribution in [0.25, 0.3) is 0 Å². The fraction of sp³-hybridized carbons (Fsp3) is 0.235. The third-order valence-electron chi connectivity index (χ3n) is 3.35. The quantitative estimate of drug-likeness (QED) is 0.844. The highest BCUT2D eigenvalue weighted by molar-refractivity contribution is 6.30. The zero-order chi connectivity index (χ0) is 16.8. The fourth-order valence-electron chi connectivity index (χ4n) is 2.20. The molecule has 1 unspecified atom stereocenters. The molecule has 0 fully saturated rings. The zero-order valence-electron chi connectivity index (χ0n) is 12.9. The highest BCUT2D eigenvalue weighted by atomic mass is 35.5. The zero-order valence-corrected chi connectivity index (χ0v) is 13.7. The van der Waals surface area contributed by atoms with E-state index in [1.165, 1.54) is 12.1 Å². The first-order chi connectivity index (χ1) is 11.0. The largest absolute Gasteiger partial charge is 0.496 e. The standard InChI is InChI=1S/C17H18ClFN2O2/c1-11(13-5-3-4-6-16(13)23-2)21-17(22)10-20-15-8-7-12(18)9-14(15)19/h3-9,11,20H,10H2,1-2H3,(H,21,22). The summed E-state index contributed by atoms with van der Waals surface area (Å²) in [5, 5.41) is 5.90. The topological polar surface area (TPSA) is 50.4 Å². The summed E-state index contributed by atoms with van der Waals surface area (Å²) in [6.45, 7) is 1.82. The number of para-hydroxylation sites is 1. The number of halogens is 2. The molecule has 0 saturated heterocycles. The van der Waals surface area contributed by atoms with Crippen LogP contribution < -0.4 is 15.4 Å². The molecule has 0 aromatic heterocycles. The van der Waals surface area contributed by atoms with Crippen LogP contribution >= 0.6 is 11.6 Å². The third kappa shape index (κ3) is 4.60. The number of anilines is 1. The lowest BCUT2D eigenvalue weighted by molar-refractivity contribution is -0.120. The Balaban J connectivity index is 1.94. The normalized spacial score (nSPS) is 11.7. The molecule has 1 amide bonds. The van der Waals surface area contributed by atoms with E-state index >= 15 is 0 Å². The summed E-state index contributed by atoms with van der Waals surface area (Å²) < 4.78 is 18.9. The second-order valence-electron chi connectivity index (χ2n) is 5.01. The number of carbonyl (C=O) groups is 1. The smallest absolute Gasteiger partial charge is 0.239 e. The van der Waals surface area contributed by atoms with Gasteiger partial charge in [0.1, 0.15) is 11.6 Å². The van der Waals surface area contributed by atoms with Crippen molar-refractivity contribution in [2.24, 2.45) is 0 Å². The molecule has 122 valence electrons. The number of hydrogen-bond donors (Lipinski definition) is 2. The number of ether oxygens (including phenoxy) is 1. The molecule has 0 aliphatic rings. The second-order valence-corrected chi connectivity index (χ2v) is 5.45. The molecule has 0 aliphatic carbocycles. The summed E-state index contributed by atoms with van der Waals surface area (Å²) in [4.78, 5) is 12.0. The summed E-state index contributed by atoms with van der Waals surface area (Å²) in [7, 11) is 1.58. The Hall–Kier alpha value is -2.27. The van der Waals surface area contributed by atoms with Gasteiger partial charge in [0.05, 0.1) is 25.4 Å². The van der Waals surface area contributed by atoms with E-state index in [-0.39, 0.29) is 24.2 Å². The van der Waals surface area contributed by atoms with Gasteiger partial charge in [0.15, 0.2) is 0 Å². The molecule has 2 aromatic rings. The van der Waals surface area contributed by atoms with Crippen molar-refractivity contribution in [1.29, 1.82) is 0 Å². The molecule has 2 rings (SSSR count). The van der Waals surface area contributed by atoms with Crippen molar-refractivity contribution < 1.29 is 13.9 Å². The number of amides is 1. The predicted molar refractivity (Wildman–Crippen MR) is 89.5 cm³/mol. The van der Waals surface area contributed by atoms with E-state index in [1.807, 2.05) is 31.2 Å². The van der Waals surface area contributed by atoms with Gasteiger partial charge < -0.3 is 15.4 Å². The molecule has 2 aromatic carbocycles. The van der Waals surface area contributed by atoms with Crippen molar-refractivity contribution in [2.75, 3.05) is 19.0 Å². The van der Waals surface area contributed by atoms with Crippen LogP contribution in [0.4, 0.5) is 10.1 Å². The highest BCUT2D eigenvalue weighted by Crippen LogP contribution is 2.24. The number of nitrogens with one attached hydrogen (secondary N) is 2. The summed E-state index contributed by atoms with van der Waals surface area (Å²) in [5.41, 5.74) is 1.11. The molecule has 4 nitrogen and oxygen atoms in total. The van der Waals surface area contributed by atoms with Crippen LogP contribution in [-0.4, -0.2) is 19.6 Å². The van der Waals surface area contributed by atoms with Gasteiger partial charge in [-0.2, -0.15) is 0 Å². The maximum absolute atomic E-state index is 13.6. The number of rotatable bonds is 6. The first kappa shape index (κ1) is 17.1. The van der Waals surface area contributed by atoms with Crippen LogP contribution in [-0.2, 0) is 4.79 Å². The maximum atomic E-state index is 13.6. The number of hydrogen-bond acceptors (Lipinski definition) is 3. The van der Waals surface area contributed by atoms with E-state index in [4.69, 9.17) is 16.3 Å². The van der Waals surface area contributed by atoms with Gasteiger partial charge in [0, 0.05) is 10.6 Å². The van der Waals surface area contributed by atoms with Gasteiger partial charge in [-0.3, -0.25) is 4.79 Å². The minimum absolute atomic E-state index is 0.0436. The number of methoxy groups -OCH3 is 1. The molecule has 6 heteroatoms. The van der Waals surface area contributed by atoms with E-state index < -0.39 is 5.82 Å². The Kier molecular flexibility index (Phi) is 5.82. The average Bonchev–Trinajstić information content (AvgIpc) is 2.54. The van der Waals surface area contributed by atoms with E-state index in [2.05, 4.69) is 10.6 Å². The summed E-state index contributed by atoms with van der Waals surface area (Å²) in [5.74, 6) is -0.0437. The summed E-state index contributed by atoms with van der Waals surface area (Å²) in [6.07, 6.45) is 0. The van der Waals surface area contributed by atoms with Gasteiger partial charge in [0.25, 0.3) is 0 Å². The molecule has 1 atom stereocenters. The summed E-state index contributed by atoms with van der Waals surface area (Å²) in [6, 6.07) is 11.5. The van der Waals surface area contributed by atoms with Crippen molar-refractivity contribution in [3.8, 4) is 5.75 Å². The molecule has 0 aliphatic heterocycles. The van der Waals surface area contributed by atoms with Gasteiger partial charge in [-0.05, 0) is 31.2 Å². The molecule has 0 radical (unpaired) electrons. The Bertz CT molecular complexity index is 694. The third-order valence-corrected chi connectivity index (χ3v) is 3.59. The Labute approximate surface area is 139 Å². The lowest BCUT2D eigenvalue weighted by Gasteiger charge is -2.17. The molecule has 0 saturated carbocycles. The van der Waals surface area contributed by atoms with E-state index in [0.29, 0.717) is 10.8 Å². The van der Waals surface area contributed by atoms with Gasteiger partial charge in [-0.1, -0.05) is 29.8 Å². The van der Waals surface area contributed by atoms with Crippen molar-refractivity contribution in [2.45, 2.75) is 13.0 Å². The first-order valence-electron chi connectivity index (χ1n) is 7.12. The minimum Gasteiger partial charge on any atom is -0.496 e. The van der Waals surface area contributed by atoms with Crippen molar-refractivity contribution in [3.05, 3.63) is 58.9 Å². The second kappa shape index (κ2) is 7.83.